The minimum absolute atomic E-state index is 0.361. The Morgan fingerprint density at radius 3 is 2.68 bits per heavy atom. The molecule has 0 amide bonds. The summed E-state index contributed by atoms with van der Waals surface area (Å²) in [5.74, 6) is 1.78. The molecule has 0 saturated carbocycles. The number of benzene rings is 1. The molecule has 0 radical (unpaired) electrons. The summed E-state index contributed by atoms with van der Waals surface area (Å²) in [7, 11) is 2.20. The smallest absolute Gasteiger partial charge is 0.231 e. The molecule has 1 saturated heterocycles. The number of rotatable bonds is 4. The fourth-order valence-electron chi connectivity index (χ4n) is 2.67. The number of piperazine rings is 1. The molecule has 0 aliphatic carbocycles. The van der Waals surface area contributed by atoms with Gasteiger partial charge in [0.2, 0.25) is 6.79 Å². The summed E-state index contributed by atoms with van der Waals surface area (Å²) < 4.78 is 10.7. The Labute approximate surface area is 114 Å². The highest BCUT2D eigenvalue weighted by Gasteiger charge is 2.14. The molecule has 19 heavy (non-hydrogen) atoms. The van der Waals surface area contributed by atoms with Crippen molar-refractivity contribution in [1.82, 2.24) is 9.80 Å². The Hall–Kier alpha value is -1.26. The molecular weight excluding hydrogens is 240 g/mol. The summed E-state index contributed by atoms with van der Waals surface area (Å²) in [6.45, 7) is 6.37. The SMILES string of the molecule is CN1CCN(CCCc2ccc3c(c2)OCO3)CC1. The van der Waals surface area contributed by atoms with Crippen LogP contribution < -0.4 is 9.47 Å². The van der Waals surface area contributed by atoms with Crippen molar-refractivity contribution in [3.05, 3.63) is 23.8 Å². The van der Waals surface area contributed by atoms with Gasteiger partial charge in [-0.15, -0.1) is 0 Å². The van der Waals surface area contributed by atoms with Crippen LogP contribution in [0.4, 0.5) is 0 Å². The van der Waals surface area contributed by atoms with Crippen molar-refractivity contribution in [2.75, 3.05) is 46.6 Å². The van der Waals surface area contributed by atoms with Crippen molar-refractivity contribution in [1.29, 1.82) is 0 Å². The van der Waals surface area contributed by atoms with Gasteiger partial charge >= 0.3 is 0 Å². The molecule has 2 heterocycles. The zero-order valence-electron chi connectivity index (χ0n) is 11.6. The summed E-state index contributed by atoms with van der Waals surface area (Å²) in [5, 5.41) is 0. The van der Waals surface area contributed by atoms with Gasteiger partial charge < -0.3 is 19.3 Å². The van der Waals surface area contributed by atoms with Crippen molar-refractivity contribution in [3.8, 4) is 11.5 Å². The van der Waals surface area contributed by atoms with Crippen molar-refractivity contribution in [3.63, 3.8) is 0 Å². The molecule has 2 aliphatic heterocycles. The second-order valence-corrected chi connectivity index (χ2v) is 5.44. The van der Waals surface area contributed by atoms with Crippen LogP contribution in [0, 0.1) is 0 Å². The third-order valence-electron chi connectivity index (χ3n) is 3.97. The van der Waals surface area contributed by atoms with Crippen LogP contribution in [0.15, 0.2) is 18.2 Å². The van der Waals surface area contributed by atoms with Gasteiger partial charge in [0.15, 0.2) is 11.5 Å². The van der Waals surface area contributed by atoms with Crippen LogP contribution in [0.5, 0.6) is 11.5 Å². The van der Waals surface area contributed by atoms with E-state index in [9.17, 15) is 0 Å². The lowest BCUT2D eigenvalue weighted by Crippen LogP contribution is -2.44. The number of ether oxygens (including phenoxy) is 2. The molecule has 4 nitrogen and oxygen atoms in total. The van der Waals surface area contributed by atoms with Crippen molar-refractivity contribution in [2.24, 2.45) is 0 Å². The fourth-order valence-corrected chi connectivity index (χ4v) is 2.67. The second kappa shape index (κ2) is 5.80. The molecule has 0 N–H and O–H groups in total. The van der Waals surface area contributed by atoms with Gasteiger partial charge in [-0.1, -0.05) is 6.07 Å². The monoisotopic (exact) mass is 262 g/mol. The minimum atomic E-state index is 0.361. The molecule has 2 aliphatic rings. The Bertz CT molecular complexity index is 428. The molecule has 0 unspecified atom stereocenters. The molecule has 0 spiro atoms. The summed E-state index contributed by atoms with van der Waals surface area (Å²) in [6.07, 6.45) is 2.33. The van der Waals surface area contributed by atoms with E-state index in [0.29, 0.717) is 6.79 Å². The van der Waals surface area contributed by atoms with E-state index < -0.39 is 0 Å². The van der Waals surface area contributed by atoms with Crippen LogP contribution in [-0.4, -0.2) is 56.4 Å². The first kappa shape index (κ1) is 12.8. The van der Waals surface area contributed by atoms with Crippen LogP contribution in [0.3, 0.4) is 0 Å². The maximum atomic E-state index is 5.41. The Morgan fingerprint density at radius 2 is 1.84 bits per heavy atom. The quantitative estimate of drug-likeness (QED) is 0.823. The van der Waals surface area contributed by atoms with Crippen LogP contribution in [0.25, 0.3) is 0 Å². The molecule has 1 aromatic carbocycles. The average Bonchev–Trinajstić information content (AvgIpc) is 2.88. The van der Waals surface area contributed by atoms with E-state index >= 15 is 0 Å². The number of nitrogens with zero attached hydrogens (tertiary/aromatic N) is 2. The molecule has 4 heteroatoms. The Kier molecular flexibility index (Phi) is 3.89. The number of hydrogen-bond donors (Lipinski definition) is 0. The van der Waals surface area contributed by atoms with E-state index in [4.69, 9.17) is 9.47 Å². The predicted molar refractivity (Wildman–Crippen MR) is 74.8 cm³/mol. The molecule has 3 rings (SSSR count). The lowest BCUT2D eigenvalue weighted by molar-refractivity contribution is 0.153. The number of aryl methyl sites for hydroxylation is 1. The first-order chi connectivity index (χ1) is 9.31. The van der Waals surface area contributed by atoms with Crippen LogP contribution in [-0.2, 0) is 6.42 Å². The number of hydrogen-bond acceptors (Lipinski definition) is 4. The minimum Gasteiger partial charge on any atom is -0.454 e. The largest absolute Gasteiger partial charge is 0.454 e. The molecule has 0 aromatic heterocycles. The topological polar surface area (TPSA) is 24.9 Å². The first-order valence-corrected chi connectivity index (χ1v) is 7.11. The third kappa shape index (κ3) is 3.19. The predicted octanol–water partition coefficient (Wildman–Crippen LogP) is 1.60. The highest BCUT2D eigenvalue weighted by molar-refractivity contribution is 5.44. The molecule has 104 valence electrons. The van der Waals surface area contributed by atoms with E-state index in [1.807, 2.05) is 6.07 Å². The second-order valence-electron chi connectivity index (χ2n) is 5.44. The summed E-state index contributed by atoms with van der Waals surface area (Å²) in [6, 6.07) is 6.29. The van der Waals surface area contributed by atoms with Crippen LogP contribution in [0.2, 0.25) is 0 Å². The van der Waals surface area contributed by atoms with E-state index in [1.54, 1.807) is 0 Å². The van der Waals surface area contributed by atoms with Crippen molar-refractivity contribution < 1.29 is 9.47 Å². The van der Waals surface area contributed by atoms with E-state index in [2.05, 4.69) is 29.0 Å². The highest BCUT2D eigenvalue weighted by Crippen LogP contribution is 2.32. The fraction of sp³-hybridized carbons (Fsp3) is 0.600. The van der Waals surface area contributed by atoms with E-state index in [1.165, 1.54) is 44.7 Å². The van der Waals surface area contributed by atoms with Gasteiger partial charge in [-0.2, -0.15) is 0 Å². The Balaban J connectivity index is 1.45. The molecule has 1 aromatic rings. The summed E-state index contributed by atoms with van der Waals surface area (Å²) in [5.41, 5.74) is 1.35. The van der Waals surface area contributed by atoms with Crippen LogP contribution in [0.1, 0.15) is 12.0 Å². The lowest BCUT2D eigenvalue weighted by atomic mass is 10.1. The van der Waals surface area contributed by atoms with Gasteiger partial charge in [0.05, 0.1) is 0 Å². The Morgan fingerprint density at radius 1 is 1.05 bits per heavy atom. The van der Waals surface area contributed by atoms with E-state index in [-0.39, 0.29) is 0 Å². The van der Waals surface area contributed by atoms with Gasteiger partial charge in [-0.3, -0.25) is 0 Å². The van der Waals surface area contributed by atoms with Crippen LogP contribution >= 0.6 is 0 Å². The molecule has 0 bridgehead atoms. The van der Waals surface area contributed by atoms with Crippen molar-refractivity contribution >= 4 is 0 Å². The zero-order valence-corrected chi connectivity index (χ0v) is 11.6. The van der Waals surface area contributed by atoms with Crippen molar-refractivity contribution in [2.45, 2.75) is 12.8 Å². The molecule has 1 fully saturated rings. The normalized spacial score (nSPS) is 19.8. The van der Waals surface area contributed by atoms with Gasteiger partial charge in [0.1, 0.15) is 0 Å². The first-order valence-electron chi connectivity index (χ1n) is 7.11. The summed E-state index contributed by atoms with van der Waals surface area (Å²) >= 11 is 0. The maximum absolute atomic E-state index is 5.41. The van der Waals surface area contributed by atoms with Gasteiger partial charge in [0, 0.05) is 26.2 Å². The highest BCUT2D eigenvalue weighted by atomic mass is 16.7. The standard InChI is InChI=1S/C15H22N2O2/c1-16-7-9-17(10-8-16)6-2-3-13-4-5-14-15(11-13)19-12-18-14/h4-5,11H,2-3,6-10,12H2,1H3. The van der Waals surface area contributed by atoms with Gasteiger partial charge in [0.25, 0.3) is 0 Å². The molecule has 0 atom stereocenters. The lowest BCUT2D eigenvalue weighted by Gasteiger charge is -2.32. The average molecular weight is 262 g/mol. The molecular formula is C15H22N2O2. The maximum Gasteiger partial charge on any atom is 0.231 e. The van der Waals surface area contributed by atoms with Gasteiger partial charge in [-0.25, -0.2) is 0 Å². The van der Waals surface area contributed by atoms with Gasteiger partial charge in [-0.05, 0) is 44.1 Å². The van der Waals surface area contributed by atoms with E-state index in [0.717, 1.165) is 17.9 Å². The zero-order chi connectivity index (χ0) is 13.1. The summed E-state index contributed by atoms with van der Waals surface area (Å²) in [4.78, 5) is 4.96. The number of likely N-dealkylation sites (N-methyl/N-ethyl adjacent to an activating group) is 1. The third-order valence-corrected chi connectivity index (χ3v) is 3.97. The number of fused-ring (bicyclic) bond motifs is 1.